The van der Waals surface area contributed by atoms with Crippen LogP contribution in [-0.4, -0.2) is 21.9 Å². The lowest BCUT2D eigenvalue weighted by atomic mass is 9.58. The van der Waals surface area contributed by atoms with Crippen LogP contribution in [-0.2, 0) is 0 Å². The summed E-state index contributed by atoms with van der Waals surface area (Å²) in [4.78, 5) is 0. The fraction of sp³-hybridized carbons (Fsp3) is 1.00. The van der Waals surface area contributed by atoms with E-state index in [1.807, 2.05) is 6.92 Å². The Morgan fingerprint density at radius 1 is 1.06 bits per heavy atom. The molecule has 2 N–H and O–H groups in total. The van der Waals surface area contributed by atoms with Crippen LogP contribution in [0.15, 0.2) is 0 Å². The second-order valence-electron chi connectivity index (χ2n) is 7.80. The third-order valence-corrected chi connectivity index (χ3v) is 6.76. The molecule has 3 saturated carbocycles. The fourth-order valence-electron chi connectivity index (χ4n) is 5.95. The van der Waals surface area contributed by atoms with Crippen molar-refractivity contribution in [1.29, 1.82) is 0 Å². The highest BCUT2D eigenvalue weighted by Crippen LogP contribution is 2.73. The van der Waals surface area contributed by atoms with Crippen molar-refractivity contribution in [2.75, 3.05) is 0 Å². The Morgan fingerprint density at radius 3 is 2.29 bits per heavy atom. The minimum absolute atomic E-state index is 0.0289. The molecule has 98 valence electrons. The van der Waals surface area contributed by atoms with Gasteiger partial charge in [0.15, 0.2) is 0 Å². The number of hydrogen-bond acceptors (Lipinski definition) is 2. The van der Waals surface area contributed by atoms with E-state index in [4.69, 9.17) is 0 Å². The van der Waals surface area contributed by atoms with Crippen LogP contribution < -0.4 is 0 Å². The van der Waals surface area contributed by atoms with Gasteiger partial charge < -0.3 is 10.2 Å². The van der Waals surface area contributed by atoms with Crippen LogP contribution in [0, 0.1) is 28.6 Å². The second kappa shape index (κ2) is 3.08. The van der Waals surface area contributed by atoms with Crippen LogP contribution in [0.1, 0.15) is 53.4 Å². The van der Waals surface area contributed by atoms with Gasteiger partial charge in [0, 0.05) is 5.41 Å². The third kappa shape index (κ3) is 1.14. The molecule has 0 aromatic carbocycles. The van der Waals surface area contributed by atoms with Crippen LogP contribution in [0.5, 0.6) is 0 Å². The Labute approximate surface area is 104 Å². The molecule has 0 aromatic rings. The summed E-state index contributed by atoms with van der Waals surface area (Å²) in [5.74, 6) is 1.77. The predicted octanol–water partition coefficient (Wildman–Crippen LogP) is 2.58. The van der Waals surface area contributed by atoms with Gasteiger partial charge in [0.2, 0.25) is 0 Å². The zero-order valence-corrected chi connectivity index (χ0v) is 11.5. The van der Waals surface area contributed by atoms with Crippen LogP contribution in [0.25, 0.3) is 0 Å². The van der Waals surface area contributed by atoms with Gasteiger partial charge in [0.1, 0.15) is 0 Å². The molecule has 3 aliphatic carbocycles. The maximum Gasteiger partial charge on any atom is 0.0938 e. The van der Waals surface area contributed by atoms with Crippen LogP contribution in [0.2, 0.25) is 0 Å². The minimum atomic E-state index is -0.885. The standard InChI is InChI=1S/C15H26O2/c1-9-5-6-10-11-7-12(16)14(4,17)15(9,11)8-13(10,2)3/h9-12,16-17H,5-8H2,1-4H3/t9-,10-,11-,12+,14+,15-/m1/s1. The van der Waals surface area contributed by atoms with Crippen molar-refractivity contribution in [3.8, 4) is 0 Å². The summed E-state index contributed by atoms with van der Waals surface area (Å²) < 4.78 is 0. The molecule has 2 bridgehead atoms. The highest BCUT2D eigenvalue weighted by molar-refractivity contribution is 5.21. The summed E-state index contributed by atoms with van der Waals surface area (Å²) in [5, 5.41) is 21.1. The van der Waals surface area contributed by atoms with Gasteiger partial charge in [-0.2, -0.15) is 0 Å². The van der Waals surface area contributed by atoms with Crippen molar-refractivity contribution in [3.63, 3.8) is 0 Å². The number of aliphatic hydroxyl groups is 2. The molecule has 17 heavy (non-hydrogen) atoms. The zero-order chi connectivity index (χ0) is 12.6. The first-order valence-corrected chi connectivity index (χ1v) is 7.14. The maximum atomic E-state index is 10.9. The molecule has 0 unspecified atom stereocenters. The van der Waals surface area contributed by atoms with E-state index in [1.54, 1.807) is 0 Å². The molecule has 3 rings (SSSR count). The van der Waals surface area contributed by atoms with E-state index < -0.39 is 11.7 Å². The SMILES string of the molecule is C[C@@H]1CC[C@@H]2[C@H]3C[C@H](O)[C@](C)(O)[C@]13CC2(C)C. The van der Waals surface area contributed by atoms with Crippen LogP contribution in [0.3, 0.4) is 0 Å². The minimum Gasteiger partial charge on any atom is -0.390 e. The van der Waals surface area contributed by atoms with Gasteiger partial charge in [-0.25, -0.2) is 0 Å². The molecule has 0 heterocycles. The van der Waals surface area contributed by atoms with Crippen molar-refractivity contribution in [2.24, 2.45) is 28.6 Å². The summed E-state index contributed by atoms with van der Waals surface area (Å²) in [5.41, 5.74) is -0.581. The van der Waals surface area contributed by atoms with Crippen LogP contribution >= 0.6 is 0 Å². The quantitative estimate of drug-likeness (QED) is 0.681. The average Bonchev–Trinajstić information content (AvgIpc) is 2.49. The molecule has 2 heteroatoms. The first-order valence-electron chi connectivity index (χ1n) is 7.14. The van der Waals surface area contributed by atoms with Crippen molar-refractivity contribution in [2.45, 2.75) is 65.1 Å². The Kier molecular flexibility index (Phi) is 2.17. The summed E-state index contributed by atoms with van der Waals surface area (Å²) in [6.07, 6.45) is 3.87. The Hall–Kier alpha value is -0.0800. The van der Waals surface area contributed by atoms with Crippen molar-refractivity contribution in [1.82, 2.24) is 0 Å². The Morgan fingerprint density at radius 2 is 1.71 bits per heavy atom. The molecule has 3 aliphatic rings. The van der Waals surface area contributed by atoms with Gasteiger partial charge in [-0.3, -0.25) is 0 Å². The van der Waals surface area contributed by atoms with E-state index in [0.29, 0.717) is 23.2 Å². The topological polar surface area (TPSA) is 40.5 Å². The lowest BCUT2D eigenvalue weighted by molar-refractivity contribution is -0.143. The van der Waals surface area contributed by atoms with Crippen LogP contribution in [0.4, 0.5) is 0 Å². The van der Waals surface area contributed by atoms with E-state index >= 15 is 0 Å². The van der Waals surface area contributed by atoms with E-state index in [0.717, 1.165) is 12.8 Å². The summed E-state index contributed by atoms with van der Waals surface area (Å²) in [6.45, 7) is 8.89. The lowest BCUT2D eigenvalue weighted by Gasteiger charge is -2.48. The molecule has 0 amide bonds. The zero-order valence-electron chi connectivity index (χ0n) is 11.5. The van der Waals surface area contributed by atoms with Crippen molar-refractivity contribution < 1.29 is 10.2 Å². The number of aliphatic hydroxyl groups excluding tert-OH is 1. The van der Waals surface area contributed by atoms with E-state index in [1.165, 1.54) is 12.8 Å². The summed E-state index contributed by atoms with van der Waals surface area (Å²) >= 11 is 0. The molecule has 0 aromatic heterocycles. The fourth-order valence-corrected chi connectivity index (χ4v) is 5.95. The Bertz CT molecular complexity index is 347. The smallest absolute Gasteiger partial charge is 0.0938 e. The Balaban J connectivity index is 2.14. The largest absolute Gasteiger partial charge is 0.390 e. The van der Waals surface area contributed by atoms with Gasteiger partial charge in [-0.05, 0) is 55.8 Å². The normalized spacial score (nSPS) is 60.4. The summed E-state index contributed by atoms with van der Waals surface area (Å²) in [7, 11) is 0. The first kappa shape index (κ1) is 12.0. The van der Waals surface area contributed by atoms with Gasteiger partial charge in [0.25, 0.3) is 0 Å². The molecular weight excluding hydrogens is 212 g/mol. The van der Waals surface area contributed by atoms with Gasteiger partial charge in [0.05, 0.1) is 11.7 Å². The number of hydrogen-bond donors (Lipinski definition) is 2. The maximum absolute atomic E-state index is 10.9. The van der Waals surface area contributed by atoms with E-state index in [2.05, 4.69) is 20.8 Å². The highest BCUT2D eigenvalue weighted by atomic mass is 16.3. The molecule has 3 fully saturated rings. The average molecular weight is 238 g/mol. The van der Waals surface area contributed by atoms with Crippen molar-refractivity contribution >= 4 is 0 Å². The van der Waals surface area contributed by atoms with Gasteiger partial charge >= 0.3 is 0 Å². The van der Waals surface area contributed by atoms with Gasteiger partial charge in [-0.15, -0.1) is 0 Å². The molecule has 2 nitrogen and oxygen atoms in total. The molecule has 6 atom stereocenters. The molecule has 0 saturated heterocycles. The van der Waals surface area contributed by atoms with E-state index in [-0.39, 0.29) is 5.41 Å². The molecular formula is C15H26O2. The van der Waals surface area contributed by atoms with Crippen molar-refractivity contribution in [3.05, 3.63) is 0 Å². The van der Waals surface area contributed by atoms with E-state index in [9.17, 15) is 10.2 Å². The summed E-state index contributed by atoms with van der Waals surface area (Å²) in [6, 6.07) is 0. The molecule has 0 radical (unpaired) electrons. The first-order chi connectivity index (χ1) is 7.73. The lowest BCUT2D eigenvalue weighted by Crippen LogP contribution is -2.53. The molecule has 0 spiro atoms. The molecule has 0 aliphatic heterocycles. The predicted molar refractivity (Wildman–Crippen MR) is 67.5 cm³/mol. The van der Waals surface area contributed by atoms with Gasteiger partial charge in [-0.1, -0.05) is 20.8 Å². The monoisotopic (exact) mass is 238 g/mol. The third-order valence-electron chi connectivity index (χ3n) is 6.76. The highest BCUT2D eigenvalue weighted by Gasteiger charge is 2.72. The number of rotatable bonds is 0. The second-order valence-corrected chi connectivity index (χ2v) is 7.80.